The number of hydrogen-bond acceptors (Lipinski definition) is 2. The molecule has 2 N–H and O–H groups in total. The van der Waals surface area contributed by atoms with E-state index in [1.54, 1.807) is 0 Å². The molecule has 1 aromatic carbocycles. The number of benzene rings is 1. The number of hydrogen-bond donors (Lipinski definition) is 1. The first kappa shape index (κ1) is 16.7. The first-order chi connectivity index (χ1) is 9.28. The Bertz CT molecular complexity index is 426. The number of nitrogens with two attached hydrogens (primary N) is 1. The van der Waals surface area contributed by atoms with E-state index < -0.39 is 0 Å². The average Bonchev–Trinajstić information content (AvgIpc) is 2.39. The fourth-order valence-electron chi connectivity index (χ4n) is 2.49. The molecule has 112 valence electrons. The van der Waals surface area contributed by atoms with Crippen molar-refractivity contribution in [2.24, 2.45) is 17.1 Å². The average molecular weight is 276 g/mol. The van der Waals surface area contributed by atoms with Crippen LogP contribution in [0.5, 0.6) is 0 Å². The number of likely N-dealkylation sites (N-methyl/N-ethyl adjacent to an activating group) is 1. The maximum absolute atomic E-state index is 12.8. The van der Waals surface area contributed by atoms with Gasteiger partial charge in [-0.2, -0.15) is 0 Å². The van der Waals surface area contributed by atoms with Crippen LogP contribution in [0.3, 0.4) is 0 Å². The molecule has 3 heteroatoms. The van der Waals surface area contributed by atoms with Crippen LogP contribution in [0, 0.1) is 11.3 Å². The molecule has 20 heavy (non-hydrogen) atoms. The smallest absolute Gasteiger partial charge is 0.230 e. The quantitative estimate of drug-likeness (QED) is 0.868. The highest BCUT2D eigenvalue weighted by Crippen LogP contribution is 2.27. The minimum atomic E-state index is -0.0882. The van der Waals surface area contributed by atoms with E-state index >= 15 is 0 Å². The SMILES string of the molecule is CC(C)C(C(=O)N(C)CC(C)(C)CN)c1ccccc1. The van der Waals surface area contributed by atoms with Crippen molar-refractivity contribution in [3.05, 3.63) is 35.9 Å². The second-order valence-corrected chi connectivity index (χ2v) is 6.70. The summed E-state index contributed by atoms with van der Waals surface area (Å²) < 4.78 is 0. The predicted octanol–water partition coefficient (Wildman–Crippen LogP) is 2.87. The molecule has 0 aliphatic carbocycles. The van der Waals surface area contributed by atoms with Crippen LogP contribution in [-0.4, -0.2) is 30.9 Å². The van der Waals surface area contributed by atoms with E-state index in [0.29, 0.717) is 13.1 Å². The number of nitrogens with zero attached hydrogens (tertiary/aromatic N) is 1. The lowest BCUT2D eigenvalue weighted by Crippen LogP contribution is -2.42. The second kappa shape index (κ2) is 6.89. The molecule has 1 unspecified atom stereocenters. The fourth-order valence-corrected chi connectivity index (χ4v) is 2.49. The Morgan fingerprint density at radius 2 is 1.80 bits per heavy atom. The van der Waals surface area contributed by atoms with Gasteiger partial charge in [-0.1, -0.05) is 58.0 Å². The summed E-state index contributed by atoms with van der Waals surface area (Å²) in [6.07, 6.45) is 0. The molecule has 1 amide bonds. The van der Waals surface area contributed by atoms with Crippen molar-refractivity contribution < 1.29 is 4.79 Å². The third-order valence-corrected chi connectivity index (χ3v) is 3.69. The van der Waals surface area contributed by atoms with E-state index in [4.69, 9.17) is 5.73 Å². The van der Waals surface area contributed by atoms with Crippen molar-refractivity contribution in [1.82, 2.24) is 4.90 Å². The number of carbonyl (C=O) groups excluding carboxylic acids is 1. The first-order valence-electron chi connectivity index (χ1n) is 7.28. The number of carbonyl (C=O) groups is 1. The van der Waals surface area contributed by atoms with Crippen LogP contribution in [0.1, 0.15) is 39.2 Å². The van der Waals surface area contributed by atoms with Gasteiger partial charge in [0.25, 0.3) is 0 Å². The highest BCUT2D eigenvalue weighted by molar-refractivity contribution is 5.83. The Morgan fingerprint density at radius 1 is 1.25 bits per heavy atom. The minimum Gasteiger partial charge on any atom is -0.345 e. The molecule has 0 aliphatic rings. The van der Waals surface area contributed by atoms with Crippen molar-refractivity contribution >= 4 is 5.91 Å². The van der Waals surface area contributed by atoms with E-state index in [1.165, 1.54) is 0 Å². The lowest BCUT2D eigenvalue weighted by Gasteiger charge is -2.32. The molecule has 0 radical (unpaired) electrons. The summed E-state index contributed by atoms with van der Waals surface area (Å²) in [5, 5.41) is 0. The van der Waals surface area contributed by atoms with Gasteiger partial charge in [0, 0.05) is 13.6 Å². The Labute approximate surface area is 123 Å². The molecule has 1 aromatic rings. The first-order valence-corrected chi connectivity index (χ1v) is 7.28. The van der Waals surface area contributed by atoms with Crippen LogP contribution in [0.4, 0.5) is 0 Å². The van der Waals surface area contributed by atoms with Crippen molar-refractivity contribution in [3.8, 4) is 0 Å². The maximum Gasteiger partial charge on any atom is 0.230 e. The molecule has 0 spiro atoms. The molecule has 0 heterocycles. The molecule has 0 bridgehead atoms. The van der Waals surface area contributed by atoms with Crippen molar-refractivity contribution in [2.45, 2.75) is 33.6 Å². The van der Waals surface area contributed by atoms with Gasteiger partial charge in [-0.05, 0) is 23.4 Å². The number of amides is 1. The van der Waals surface area contributed by atoms with E-state index in [9.17, 15) is 4.79 Å². The van der Waals surface area contributed by atoms with Gasteiger partial charge in [0.15, 0.2) is 0 Å². The highest BCUT2D eigenvalue weighted by Gasteiger charge is 2.29. The topological polar surface area (TPSA) is 46.3 Å². The zero-order valence-corrected chi connectivity index (χ0v) is 13.4. The zero-order chi connectivity index (χ0) is 15.3. The van der Waals surface area contributed by atoms with E-state index in [-0.39, 0.29) is 23.2 Å². The third kappa shape index (κ3) is 4.34. The van der Waals surface area contributed by atoms with Gasteiger partial charge in [-0.15, -0.1) is 0 Å². The van der Waals surface area contributed by atoms with Crippen molar-refractivity contribution in [1.29, 1.82) is 0 Å². The summed E-state index contributed by atoms with van der Waals surface area (Å²) >= 11 is 0. The minimum absolute atomic E-state index is 0.0529. The number of rotatable bonds is 6. The van der Waals surface area contributed by atoms with Crippen molar-refractivity contribution in [2.75, 3.05) is 20.1 Å². The lowest BCUT2D eigenvalue weighted by molar-refractivity contribution is -0.133. The summed E-state index contributed by atoms with van der Waals surface area (Å²) in [7, 11) is 1.87. The molecule has 3 nitrogen and oxygen atoms in total. The van der Waals surface area contributed by atoms with Crippen LogP contribution in [0.2, 0.25) is 0 Å². The van der Waals surface area contributed by atoms with Gasteiger partial charge in [0.1, 0.15) is 0 Å². The van der Waals surface area contributed by atoms with Crippen LogP contribution < -0.4 is 5.73 Å². The molecule has 0 saturated heterocycles. The third-order valence-electron chi connectivity index (χ3n) is 3.69. The summed E-state index contributed by atoms with van der Waals surface area (Å²) in [6, 6.07) is 10.0. The monoisotopic (exact) mass is 276 g/mol. The molecule has 0 fully saturated rings. The zero-order valence-electron chi connectivity index (χ0n) is 13.4. The Kier molecular flexibility index (Phi) is 5.75. The normalized spacial score (nSPS) is 13.3. The van der Waals surface area contributed by atoms with Crippen LogP contribution >= 0.6 is 0 Å². The molecular formula is C17H28N2O. The Hall–Kier alpha value is -1.35. The van der Waals surface area contributed by atoms with Crippen molar-refractivity contribution in [3.63, 3.8) is 0 Å². The summed E-state index contributed by atoms with van der Waals surface area (Å²) in [5.41, 5.74) is 6.80. The van der Waals surface area contributed by atoms with E-state index in [1.807, 2.05) is 42.3 Å². The van der Waals surface area contributed by atoms with Crippen LogP contribution in [0.15, 0.2) is 30.3 Å². The molecule has 0 aliphatic heterocycles. The second-order valence-electron chi connectivity index (χ2n) is 6.70. The predicted molar refractivity (Wildman–Crippen MR) is 84.5 cm³/mol. The molecular weight excluding hydrogens is 248 g/mol. The van der Waals surface area contributed by atoms with Crippen LogP contribution in [0.25, 0.3) is 0 Å². The van der Waals surface area contributed by atoms with Gasteiger partial charge >= 0.3 is 0 Å². The summed E-state index contributed by atoms with van der Waals surface area (Å²) in [4.78, 5) is 14.6. The largest absolute Gasteiger partial charge is 0.345 e. The van der Waals surface area contributed by atoms with Gasteiger partial charge in [0.2, 0.25) is 5.91 Å². The van der Waals surface area contributed by atoms with Crippen LogP contribution in [-0.2, 0) is 4.79 Å². The fraction of sp³-hybridized carbons (Fsp3) is 0.588. The Balaban J connectivity index is 2.91. The molecule has 1 rings (SSSR count). The van der Waals surface area contributed by atoms with E-state index in [0.717, 1.165) is 5.56 Å². The van der Waals surface area contributed by atoms with Gasteiger partial charge in [-0.3, -0.25) is 4.79 Å². The summed E-state index contributed by atoms with van der Waals surface area (Å²) in [6.45, 7) is 9.61. The Morgan fingerprint density at radius 3 is 2.25 bits per heavy atom. The molecule has 1 atom stereocenters. The molecule has 0 saturated carbocycles. The maximum atomic E-state index is 12.8. The van der Waals surface area contributed by atoms with Gasteiger partial charge in [0.05, 0.1) is 5.92 Å². The van der Waals surface area contributed by atoms with Gasteiger partial charge in [-0.25, -0.2) is 0 Å². The van der Waals surface area contributed by atoms with E-state index in [2.05, 4.69) is 27.7 Å². The molecule has 0 aromatic heterocycles. The highest BCUT2D eigenvalue weighted by atomic mass is 16.2. The summed E-state index contributed by atoms with van der Waals surface area (Å²) in [5.74, 6) is 0.357. The lowest BCUT2D eigenvalue weighted by atomic mass is 9.86. The van der Waals surface area contributed by atoms with Gasteiger partial charge < -0.3 is 10.6 Å². The standard InChI is InChI=1S/C17H28N2O/c1-13(2)15(14-9-7-6-8-10-14)16(20)19(5)12-17(3,4)11-18/h6-10,13,15H,11-12,18H2,1-5H3.